The second-order valence-corrected chi connectivity index (χ2v) is 2.50. The van der Waals surface area contributed by atoms with E-state index < -0.39 is 11.9 Å². The summed E-state index contributed by atoms with van der Waals surface area (Å²) in [5.41, 5.74) is -0.175. The average molecular weight is 202 g/mol. The standard InChI is InChI=1S/C9H14O5/c1-3-13-4-5-14-8(10)6-7(2)9(11)12/h2-6H2,1H3,(H,11,12). The van der Waals surface area contributed by atoms with Crippen LogP contribution in [0.15, 0.2) is 12.2 Å². The molecule has 5 heteroatoms. The zero-order chi connectivity index (χ0) is 11.0. The molecule has 0 spiro atoms. The molecule has 0 unspecified atom stereocenters. The molecule has 0 heterocycles. The van der Waals surface area contributed by atoms with Crippen LogP contribution in [0.4, 0.5) is 0 Å². The molecule has 0 rings (SSSR count). The fraction of sp³-hybridized carbons (Fsp3) is 0.556. The van der Waals surface area contributed by atoms with Crippen molar-refractivity contribution in [3.63, 3.8) is 0 Å². The molecule has 0 saturated carbocycles. The zero-order valence-electron chi connectivity index (χ0n) is 8.12. The summed E-state index contributed by atoms with van der Waals surface area (Å²) >= 11 is 0. The van der Waals surface area contributed by atoms with Gasteiger partial charge in [0.25, 0.3) is 0 Å². The van der Waals surface area contributed by atoms with Crippen LogP contribution in [-0.2, 0) is 19.1 Å². The topological polar surface area (TPSA) is 72.8 Å². The number of carbonyl (C=O) groups is 2. The minimum Gasteiger partial charge on any atom is -0.478 e. The first-order chi connectivity index (χ1) is 6.57. The highest BCUT2D eigenvalue weighted by atomic mass is 16.6. The fourth-order valence-corrected chi connectivity index (χ4v) is 0.660. The van der Waals surface area contributed by atoms with Crippen LogP contribution < -0.4 is 0 Å². The van der Waals surface area contributed by atoms with E-state index in [2.05, 4.69) is 11.3 Å². The summed E-state index contributed by atoms with van der Waals surface area (Å²) in [5, 5.41) is 8.41. The highest BCUT2D eigenvalue weighted by Gasteiger charge is 2.10. The molecule has 0 aromatic heterocycles. The van der Waals surface area contributed by atoms with Crippen molar-refractivity contribution in [2.24, 2.45) is 0 Å². The van der Waals surface area contributed by atoms with Crippen LogP contribution in [0.3, 0.4) is 0 Å². The Hall–Kier alpha value is -1.36. The molecule has 0 aromatic rings. The van der Waals surface area contributed by atoms with Crippen LogP contribution in [0.25, 0.3) is 0 Å². The van der Waals surface area contributed by atoms with Gasteiger partial charge in [0.2, 0.25) is 0 Å². The zero-order valence-corrected chi connectivity index (χ0v) is 8.12. The molecule has 0 bridgehead atoms. The van der Waals surface area contributed by atoms with E-state index in [1.54, 1.807) is 0 Å². The molecule has 0 radical (unpaired) electrons. The van der Waals surface area contributed by atoms with Gasteiger partial charge in [-0.1, -0.05) is 6.58 Å². The Morgan fingerprint density at radius 2 is 2.00 bits per heavy atom. The third-order valence-corrected chi connectivity index (χ3v) is 1.36. The maximum atomic E-state index is 10.9. The van der Waals surface area contributed by atoms with Crippen molar-refractivity contribution in [2.75, 3.05) is 19.8 Å². The predicted molar refractivity (Wildman–Crippen MR) is 48.8 cm³/mol. The van der Waals surface area contributed by atoms with Crippen LogP contribution in [0, 0.1) is 0 Å². The van der Waals surface area contributed by atoms with Gasteiger partial charge in [-0.3, -0.25) is 4.79 Å². The molecular weight excluding hydrogens is 188 g/mol. The third kappa shape index (κ3) is 6.19. The molecule has 0 amide bonds. The first-order valence-electron chi connectivity index (χ1n) is 4.22. The SMILES string of the molecule is C=C(CC(=O)OCCOCC)C(=O)O. The van der Waals surface area contributed by atoms with Crippen LogP contribution in [0.1, 0.15) is 13.3 Å². The van der Waals surface area contributed by atoms with Gasteiger partial charge in [-0.25, -0.2) is 4.79 Å². The highest BCUT2D eigenvalue weighted by Crippen LogP contribution is 1.99. The molecule has 0 aliphatic rings. The highest BCUT2D eigenvalue weighted by molar-refractivity contribution is 5.91. The van der Waals surface area contributed by atoms with Crippen molar-refractivity contribution in [3.8, 4) is 0 Å². The first-order valence-corrected chi connectivity index (χ1v) is 4.22. The van der Waals surface area contributed by atoms with Gasteiger partial charge < -0.3 is 14.6 Å². The lowest BCUT2D eigenvalue weighted by atomic mass is 10.2. The molecule has 0 atom stereocenters. The maximum Gasteiger partial charge on any atom is 0.331 e. The number of ether oxygens (including phenoxy) is 2. The monoisotopic (exact) mass is 202 g/mol. The summed E-state index contributed by atoms with van der Waals surface area (Å²) in [6.45, 7) is 6.05. The van der Waals surface area contributed by atoms with Gasteiger partial charge in [0, 0.05) is 12.2 Å². The lowest BCUT2D eigenvalue weighted by Crippen LogP contribution is -2.13. The molecule has 0 aliphatic carbocycles. The minimum atomic E-state index is -1.19. The lowest BCUT2D eigenvalue weighted by Gasteiger charge is -2.04. The maximum absolute atomic E-state index is 10.9. The number of esters is 1. The first kappa shape index (κ1) is 12.6. The smallest absolute Gasteiger partial charge is 0.331 e. The fourth-order valence-electron chi connectivity index (χ4n) is 0.660. The van der Waals surface area contributed by atoms with Gasteiger partial charge in [0.05, 0.1) is 13.0 Å². The normalized spacial score (nSPS) is 9.50. The largest absolute Gasteiger partial charge is 0.478 e. The van der Waals surface area contributed by atoms with Gasteiger partial charge in [-0.15, -0.1) is 0 Å². The Balaban J connectivity index is 3.56. The molecule has 0 fully saturated rings. The Morgan fingerprint density at radius 1 is 1.36 bits per heavy atom. The lowest BCUT2D eigenvalue weighted by molar-refractivity contribution is -0.146. The molecule has 5 nitrogen and oxygen atoms in total. The molecule has 0 aromatic carbocycles. The summed E-state index contributed by atoms with van der Waals surface area (Å²) in [6.07, 6.45) is -0.290. The number of rotatable bonds is 7. The predicted octanol–water partition coefficient (Wildman–Crippen LogP) is 0.597. The van der Waals surface area contributed by atoms with Crippen LogP contribution in [-0.4, -0.2) is 36.9 Å². The Bertz CT molecular complexity index is 221. The van der Waals surface area contributed by atoms with Crippen LogP contribution in [0.5, 0.6) is 0 Å². The van der Waals surface area contributed by atoms with Gasteiger partial charge in [0.15, 0.2) is 0 Å². The van der Waals surface area contributed by atoms with E-state index >= 15 is 0 Å². The van der Waals surface area contributed by atoms with Gasteiger partial charge in [0.1, 0.15) is 6.61 Å². The van der Waals surface area contributed by atoms with Gasteiger partial charge in [-0.05, 0) is 6.92 Å². The number of carboxylic acids is 1. The van der Waals surface area contributed by atoms with E-state index in [-0.39, 0.29) is 18.6 Å². The van der Waals surface area contributed by atoms with Crippen LogP contribution >= 0.6 is 0 Å². The van der Waals surface area contributed by atoms with E-state index in [0.29, 0.717) is 13.2 Å². The summed E-state index contributed by atoms with van der Waals surface area (Å²) < 4.78 is 9.60. The van der Waals surface area contributed by atoms with Crippen molar-refractivity contribution < 1.29 is 24.2 Å². The van der Waals surface area contributed by atoms with Gasteiger partial charge in [-0.2, -0.15) is 0 Å². The van der Waals surface area contributed by atoms with Gasteiger partial charge >= 0.3 is 11.9 Å². The van der Waals surface area contributed by atoms with E-state index in [0.717, 1.165) is 0 Å². The molecular formula is C9H14O5. The molecule has 1 N–H and O–H groups in total. The van der Waals surface area contributed by atoms with E-state index in [1.165, 1.54) is 0 Å². The van der Waals surface area contributed by atoms with E-state index in [1.807, 2.05) is 6.92 Å². The Morgan fingerprint density at radius 3 is 2.50 bits per heavy atom. The summed E-state index contributed by atoms with van der Waals surface area (Å²) in [6, 6.07) is 0. The van der Waals surface area contributed by atoms with E-state index in [9.17, 15) is 9.59 Å². The number of carboxylic acid groups (broad SMARTS) is 1. The van der Waals surface area contributed by atoms with Crippen molar-refractivity contribution >= 4 is 11.9 Å². The number of aliphatic carboxylic acids is 1. The van der Waals surface area contributed by atoms with Crippen LogP contribution in [0.2, 0.25) is 0 Å². The molecule has 0 saturated heterocycles. The number of carbonyl (C=O) groups excluding carboxylic acids is 1. The second-order valence-electron chi connectivity index (χ2n) is 2.50. The number of hydrogen-bond acceptors (Lipinski definition) is 4. The summed E-state index contributed by atoms with van der Waals surface area (Å²) in [7, 11) is 0. The number of hydrogen-bond donors (Lipinski definition) is 1. The molecule has 0 aliphatic heterocycles. The van der Waals surface area contributed by atoms with E-state index in [4.69, 9.17) is 9.84 Å². The third-order valence-electron chi connectivity index (χ3n) is 1.36. The molecule has 80 valence electrons. The minimum absolute atomic E-state index is 0.138. The van der Waals surface area contributed by atoms with Crippen molar-refractivity contribution in [2.45, 2.75) is 13.3 Å². The molecule has 14 heavy (non-hydrogen) atoms. The summed E-state index contributed by atoms with van der Waals surface area (Å²) in [5.74, 6) is -1.79. The summed E-state index contributed by atoms with van der Waals surface area (Å²) in [4.78, 5) is 21.2. The second kappa shape index (κ2) is 7.08. The average Bonchev–Trinajstić information content (AvgIpc) is 2.12. The van der Waals surface area contributed by atoms with Crippen molar-refractivity contribution in [3.05, 3.63) is 12.2 Å². The Kier molecular flexibility index (Phi) is 6.39. The van der Waals surface area contributed by atoms with Crippen molar-refractivity contribution in [1.82, 2.24) is 0 Å². The quantitative estimate of drug-likeness (QED) is 0.371. The Labute approximate surface area is 82.3 Å². The van der Waals surface area contributed by atoms with Crippen molar-refractivity contribution in [1.29, 1.82) is 0 Å².